The summed E-state index contributed by atoms with van der Waals surface area (Å²) in [6.45, 7) is 2.80. The summed E-state index contributed by atoms with van der Waals surface area (Å²) in [6.07, 6.45) is 0.00312. The Labute approximate surface area is 662 Å². The number of nitrogens with two attached hydrogens (primary N) is 3. The van der Waals surface area contributed by atoms with Gasteiger partial charge in [0.05, 0.1) is 75.5 Å². The zero-order valence-corrected chi connectivity index (χ0v) is 65.1. The molecule has 39 nitrogen and oxygen atoms in total. The minimum atomic E-state index is -1.55. The number of rotatable bonds is 60. The standard InChI is InChI=1S/C75H116N10O29/c1-49(92)108-43-59-53(36-86)56(39-89)68(76)71(112-59)105-30-10-7-18-62(95)79-24-13-27-82-65(98)21-33-102-46-75(85-74(101)111-42-52-16-5-4-6-17-52,47-103-34-22-66(99)83-28-14-25-80-63(96)19-8-11-31-106-72-69(77)57(40-90)54(37-87)60(113-72)44-109-50(2)93)48-104-35-23-67(100)84-29-15-26-81-64(97)20-9-12-32-107-73-70(78)58(41-91)55(38-88)61(114-73)45-110-51(3)94/h4-6,16-17,36-41,53-61,68-73H,7-15,18-35,42-48,76-78H2,1-3H3,(H,79,95)(H,80,96)(H,81,97)(H,82,98)(H,83,99)(H,84,100)(H,85,101)/t53-,54-,55-,56?,57?,58?,59?,60?,61?,68+,69+,70+,71-,72-,73-,75?/m1/s1. The smallest absolute Gasteiger partial charge is 0.408 e. The fourth-order valence-corrected chi connectivity index (χ4v) is 12.1. The number of hydrogen-bond acceptors (Lipinski definition) is 32. The molecule has 3 heterocycles. The first-order chi connectivity index (χ1) is 54.9. The molecule has 640 valence electrons. The van der Waals surface area contributed by atoms with Gasteiger partial charge < -0.3 is 145 Å². The van der Waals surface area contributed by atoms with E-state index < -0.39 is 138 Å². The van der Waals surface area contributed by atoms with E-state index in [1.807, 2.05) is 0 Å². The van der Waals surface area contributed by atoms with Crippen molar-refractivity contribution in [2.45, 2.75) is 185 Å². The van der Waals surface area contributed by atoms with Crippen LogP contribution in [0.5, 0.6) is 0 Å². The lowest BCUT2D eigenvalue weighted by Crippen LogP contribution is -2.59. The third-order valence-electron chi connectivity index (χ3n) is 18.5. The highest BCUT2D eigenvalue weighted by Gasteiger charge is 2.48. The monoisotopic (exact) mass is 1620 g/mol. The molecule has 0 bridgehead atoms. The highest BCUT2D eigenvalue weighted by Crippen LogP contribution is 2.32. The van der Waals surface area contributed by atoms with Crippen molar-refractivity contribution >= 4 is 97.2 Å². The maximum atomic E-state index is 13.7. The van der Waals surface area contributed by atoms with Crippen molar-refractivity contribution in [1.29, 1.82) is 0 Å². The summed E-state index contributed by atoms with van der Waals surface area (Å²) >= 11 is 0. The lowest BCUT2D eigenvalue weighted by atomic mass is 9.82. The Morgan fingerprint density at radius 3 is 0.921 bits per heavy atom. The van der Waals surface area contributed by atoms with Crippen LogP contribution in [0.15, 0.2) is 30.3 Å². The second kappa shape index (κ2) is 56.5. The Morgan fingerprint density at radius 1 is 0.368 bits per heavy atom. The summed E-state index contributed by atoms with van der Waals surface area (Å²) in [6, 6.07) is 5.94. The normalized spacial score (nSPS) is 23.6. The lowest BCUT2D eigenvalue weighted by molar-refractivity contribution is -0.236. The number of amides is 7. The minimum Gasteiger partial charge on any atom is -0.463 e. The summed E-state index contributed by atoms with van der Waals surface area (Å²) in [7, 11) is 0. The second-order valence-corrected chi connectivity index (χ2v) is 27.6. The van der Waals surface area contributed by atoms with Crippen molar-refractivity contribution in [3.8, 4) is 0 Å². The van der Waals surface area contributed by atoms with E-state index in [1.165, 1.54) is 20.8 Å². The summed E-state index contributed by atoms with van der Waals surface area (Å²) < 4.78 is 73.3. The molecule has 1 aromatic rings. The number of carbonyl (C=O) groups is 16. The molecule has 13 N–H and O–H groups in total. The molecule has 39 heteroatoms. The number of benzene rings is 1. The van der Waals surface area contributed by atoms with Gasteiger partial charge in [0.25, 0.3) is 0 Å². The Balaban J connectivity index is 1.25. The lowest BCUT2D eigenvalue weighted by Gasteiger charge is -2.41. The molecular formula is C75H116N10O29. The maximum Gasteiger partial charge on any atom is 0.408 e. The van der Waals surface area contributed by atoms with E-state index in [4.69, 9.17) is 78.8 Å². The van der Waals surface area contributed by atoms with Crippen molar-refractivity contribution in [3.05, 3.63) is 35.9 Å². The molecule has 7 amide bonds. The Hall–Kier alpha value is -8.74. The zero-order valence-electron chi connectivity index (χ0n) is 65.1. The van der Waals surface area contributed by atoms with Gasteiger partial charge in [0.15, 0.2) is 18.9 Å². The number of hydrogen-bond donors (Lipinski definition) is 10. The second-order valence-electron chi connectivity index (χ2n) is 27.6. The van der Waals surface area contributed by atoms with E-state index in [1.54, 1.807) is 30.3 Å². The van der Waals surface area contributed by atoms with E-state index in [0.29, 0.717) is 101 Å². The molecule has 6 unspecified atom stereocenters. The Morgan fingerprint density at radius 2 is 0.649 bits per heavy atom. The molecule has 4 rings (SSSR count). The number of unbranched alkanes of at least 4 members (excludes halogenated alkanes) is 3. The third kappa shape index (κ3) is 38.1. The van der Waals surface area contributed by atoms with Crippen LogP contribution in [0, 0.1) is 35.5 Å². The van der Waals surface area contributed by atoms with Gasteiger partial charge in [-0.25, -0.2) is 4.79 Å². The van der Waals surface area contributed by atoms with Crippen LogP contribution in [0.1, 0.15) is 123 Å². The van der Waals surface area contributed by atoms with Crippen LogP contribution in [0.2, 0.25) is 0 Å². The molecule has 114 heavy (non-hydrogen) atoms. The van der Waals surface area contributed by atoms with Gasteiger partial charge in [-0.05, 0) is 63.4 Å². The molecule has 15 atom stereocenters. The average Bonchev–Trinajstić information content (AvgIpc) is 0.814. The van der Waals surface area contributed by atoms with E-state index in [0.717, 1.165) is 0 Å². The summed E-state index contributed by atoms with van der Waals surface area (Å²) in [5, 5.41) is 19.5. The minimum absolute atomic E-state index is 0.110. The van der Waals surface area contributed by atoms with Crippen LogP contribution >= 0.6 is 0 Å². The van der Waals surface area contributed by atoms with Gasteiger partial charge >= 0.3 is 24.0 Å². The first kappa shape index (κ1) is 97.6. The largest absolute Gasteiger partial charge is 0.463 e. The van der Waals surface area contributed by atoms with Gasteiger partial charge in [-0.1, -0.05) is 30.3 Å². The van der Waals surface area contributed by atoms with Gasteiger partial charge in [0.1, 0.15) is 88.0 Å². The number of carbonyl (C=O) groups excluding carboxylic acids is 16. The molecular weight excluding hydrogens is 1500 g/mol. The molecule has 1 aromatic carbocycles. The quantitative estimate of drug-likeness (QED) is 0.0146. The number of esters is 3. The molecule has 3 saturated heterocycles. The van der Waals surface area contributed by atoms with Gasteiger partial charge in [-0.15, -0.1) is 0 Å². The van der Waals surface area contributed by atoms with E-state index >= 15 is 0 Å². The Kier molecular flexibility index (Phi) is 48.4. The van der Waals surface area contributed by atoms with Crippen molar-refractivity contribution in [3.63, 3.8) is 0 Å². The van der Waals surface area contributed by atoms with Crippen molar-refractivity contribution in [2.75, 3.05) is 119 Å². The number of alkyl carbamates (subject to hydrolysis) is 1. The molecule has 0 aliphatic carbocycles. The van der Waals surface area contributed by atoms with Gasteiger partial charge in [0.2, 0.25) is 35.4 Å². The van der Waals surface area contributed by atoms with Crippen LogP contribution in [-0.2, 0) is 140 Å². The first-order valence-electron chi connectivity index (χ1n) is 38.4. The van der Waals surface area contributed by atoms with Crippen LogP contribution in [0.3, 0.4) is 0 Å². The van der Waals surface area contributed by atoms with Crippen LogP contribution in [0.25, 0.3) is 0 Å². The SMILES string of the molecule is CC(=O)OCC1O[C@@H](OCCCCC(=O)NCCCNC(=O)CCOCC(COCCC(=O)NCCCNC(=O)CCCCO[C@@H]2OC(COC(C)=O)[C@H](C=O)C(C=O)[C@@H]2N)(COCCC(=O)NCCCNC(=O)CCCCO[C@@H]2OC(COC(C)=O)[C@H](C=O)C(C=O)[C@@H]2N)NC(=O)OCc2ccccc2)[C@@H](N)C(C=O)[C@H]1C=O. The third-order valence-corrected chi connectivity index (χ3v) is 18.5. The van der Waals surface area contributed by atoms with E-state index in [2.05, 4.69) is 37.2 Å². The van der Waals surface area contributed by atoms with Crippen LogP contribution in [-0.4, -0.2) is 277 Å². The molecule has 3 aliphatic rings. The fourth-order valence-electron chi connectivity index (χ4n) is 12.1. The molecule has 3 aliphatic heterocycles. The molecule has 0 aromatic heterocycles. The van der Waals surface area contributed by atoms with Crippen molar-refractivity contribution in [1.82, 2.24) is 37.2 Å². The molecule has 0 radical (unpaired) electrons. The zero-order chi connectivity index (χ0) is 83.5. The molecule has 0 spiro atoms. The predicted molar refractivity (Wildman–Crippen MR) is 397 cm³/mol. The summed E-state index contributed by atoms with van der Waals surface area (Å²) in [5.41, 5.74) is 17.7. The van der Waals surface area contributed by atoms with Gasteiger partial charge in [0, 0.05) is 136 Å². The number of nitrogens with one attached hydrogen (secondary N) is 7. The van der Waals surface area contributed by atoms with E-state index in [9.17, 15) is 76.7 Å². The van der Waals surface area contributed by atoms with Crippen molar-refractivity contribution in [2.24, 2.45) is 52.7 Å². The Bertz CT molecular complexity index is 2870. The predicted octanol–water partition coefficient (Wildman–Crippen LogP) is -1.96. The number of aldehydes is 6. The topological polar surface area (TPSA) is 555 Å². The van der Waals surface area contributed by atoms with Crippen LogP contribution < -0.4 is 54.4 Å². The van der Waals surface area contributed by atoms with Crippen LogP contribution in [0.4, 0.5) is 4.79 Å². The van der Waals surface area contributed by atoms with Gasteiger partial charge in [-0.2, -0.15) is 0 Å². The summed E-state index contributed by atoms with van der Waals surface area (Å²) in [4.78, 5) is 196. The molecule has 0 saturated carbocycles. The van der Waals surface area contributed by atoms with E-state index in [-0.39, 0.29) is 181 Å². The van der Waals surface area contributed by atoms with Gasteiger partial charge in [-0.3, -0.25) is 43.2 Å². The average molecular weight is 1620 g/mol. The fraction of sp³-hybridized carbons (Fsp3) is 0.707. The summed E-state index contributed by atoms with van der Waals surface area (Å²) in [5.74, 6) is -9.34. The number of ether oxygens (including phenoxy) is 13. The highest BCUT2D eigenvalue weighted by molar-refractivity contribution is 5.78. The molecule has 3 fully saturated rings. The van der Waals surface area contributed by atoms with Crippen molar-refractivity contribution < 1.29 is 138 Å². The first-order valence-corrected chi connectivity index (χ1v) is 38.4. The maximum absolute atomic E-state index is 13.7. The highest BCUT2D eigenvalue weighted by atomic mass is 16.7.